The van der Waals surface area contributed by atoms with Gasteiger partial charge in [0, 0.05) is 11.6 Å². The molecule has 0 radical (unpaired) electrons. The van der Waals surface area contributed by atoms with Crippen molar-refractivity contribution >= 4 is 5.91 Å². The van der Waals surface area contributed by atoms with Gasteiger partial charge in [-0.3, -0.25) is 4.79 Å². The molecule has 0 fully saturated rings. The third-order valence-corrected chi connectivity index (χ3v) is 4.17. The van der Waals surface area contributed by atoms with Crippen LogP contribution in [0.5, 0.6) is 0 Å². The highest BCUT2D eigenvalue weighted by Gasteiger charge is 2.18. The summed E-state index contributed by atoms with van der Waals surface area (Å²) in [4.78, 5) is 12.6. The van der Waals surface area contributed by atoms with Crippen LogP contribution in [0.15, 0.2) is 54.6 Å². The number of hydrogen-bond acceptors (Lipinski definition) is 2. The van der Waals surface area contributed by atoms with Gasteiger partial charge in [0.05, 0.1) is 11.4 Å². The Morgan fingerprint density at radius 1 is 1.00 bits per heavy atom. The Balaban J connectivity index is 2.11. The molecule has 1 aromatic heterocycles. The van der Waals surface area contributed by atoms with Gasteiger partial charge in [0.15, 0.2) is 0 Å². The van der Waals surface area contributed by atoms with E-state index in [0.717, 1.165) is 16.9 Å². The van der Waals surface area contributed by atoms with Crippen LogP contribution in [0.2, 0.25) is 0 Å². The van der Waals surface area contributed by atoms with Crippen molar-refractivity contribution in [3.05, 3.63) is 71.4 Å². The fraction of sp³-hybridized carbons (Fsp3) is 0.238. The number of amides is 1. The summed E-state index contributed by atoms with van der Waals surface area (Å²) in [7, 11) is 0. The fourth-order valence-corrected chi connectivity index (χ4v) is 2.69. The van der Waals surface area contributed by atoms with Gasteiger partial charge in [0.1, 0.15) is 5.69 Å². The Morgan fingerprint density at radius 3 is 2.36 bits per heavy atom. The maximum atomic E-state index is 12.6. The minimum Gasteiger partial charge on any atom is -0.349 e. The molecular weight excluding hydrogens is 310 g/mol. The standard InChI is InChI=1S/C21H23N3O/c1-14(2)22-21(25)20-13-19(17-11-10-15(3)16(4)12-17)23-24(20)18-8-6-5-7-9-18/h5-14H,1-4H3,(H,22,25). The van der Waals surface area contributed by atoms with E-state index in [0.29, 0.717) is 5.69 Å². The van der Waals surface area contributed by atoms with Crippen LogP contribution in [-0.2, 0) is 0 Å². The summed E-state index contributed by atoms with van der Waals surface area (Å²) in [5.74, 6) is -0.124. The Morgan fingerprint density at radius 2 is 1.72 bits per heavy atom. The second-order valence-corrected chi connectivity index (χ2v) is 6.59. The van der Waals surface area contributed by atoms with Crippen LogP contribution in [0.1, 0.15) is 35.5 Å². The predicted molar refractivity (Wildman–Crippen MR) is 101 cm³/mol. The topological polar surface area (TPSA) is 46.9 Å². The van der Waals surface area contributed by atoms with Crippen LogP contribution < -0.4 is 5.32 Å². The maximum Gasteiger partial charge on any atom is 0.270 e. The van der Waals surface area contributed by atoms with Crippen LogP contribution in [0.25, 0.3) is 16.9 Å². The lowest BCUT2D eigenvalue weighted by Gasteiger charge is -2.10. The number of aryl methyl sites for hydroxylation is 2. The van der Waals surface area contributed by atoms with Crippen molar-refractivity contribution in [2.24, 2.45) is 0 Å². The highest BCUT2D eigenvalue weighted by molar-refractivity contribution is 5.94. The molecule has 3 rings (SSSR count). The van der Waals surface area contributed by atoms with Crippen LogP contribution in [-0.4, -0.2) is 21.7 Å². The quantitative estimate of drug-likeness (QED) is 0.774. The maximum absolute atomic E-state index is 12.6. The molecule has 25 heavy (non-hydrogen) atoms. The number of para-hydroxylation sites is 1. The normalized spacial score (nSPS) is 10.9. The Kier molecular flexibility index (Phi) is 4.70. The first-order valence-electron chi connectivity index (χ1n) is 8.49. The average Bonchev–Trinajstić information content (AvgIpc) is 3.03. The number of nitrogens with zero attached hydrogens (tertiary/aromatic N) is 2. The van der Waals surface area contributed by atoms with E-state index in [-0.39, 0.29) is 11.9 Å². The molecule has 0 aliphatic heterocycles. The molecule has 1 amide bonds. The van der Waals surface area contributed by atoms with Crippen molar-refractivity contribution in [3.63, 3.8) is 0 Å². The first kappa shape index (κ1) is 17.0. The van der Waals surface area contributed by atoms with Crippen LogP contribution in [0, 0.1) is 13.8 Å². The number of nitrogens with one attached hydrogen (secondary N) is 1. The lowest BCUT2D eigenvalue weighted by molar-refractivity contribution is 0.0935. The fourth-order valence-electron chi connectivity index (χ4n) is 2.69. The SMILES string of the molecule is Cc1ccc(-c2cc(C(=O)NC(C)C)n(-c3ccccc3)n2)cc1C. The third kappa shape index (κ3) is 3.63. The van der Waals surface area contributed by atoms with E-state index in [9.17, 15) is 4.79 Å². The smallest absolute Gasteiger partial charge is 0.270 e. The predicted octanol–water partition coefficient (Wildman–Crippen LogP) is 4.29. The van der Waals surface area contributed by atoms with Gasteiger partial charge in [-0.15, -0.1) is 0 Å². The number of aromatic nitrogens is 2. The highest BCUT2D eigenvalue weighted by Crippen LogP contribution is 2.24. The summed E-state index contributed by atoms with van der Waals surface area (Å²) in [6.45, 7) is 8.07. The summed E-state index contributed by atoms with van der Waals surface area (Å²) in [6.07, 6.45) is 0. The van der Waals surface area contributed by atoms with Gasteiger partial charge in [-0.2, -0.15) is 5.10 Å². The molecule has 0 bridgehead atoms. The highest BCUT2D eigenvalue weighted by atomic mass is 16.2. The minimum atomic E-state index is -0.124. The summed E-state index contributed by atoms with van der Waals surface area (Å²) < 4.78 is 1.71. The summed E-state index contributed by atoms with van der Waals surface area (Å²) in [5, 5.41) is 7.66. The van der Waals surface area contributed by atoms with Crippen molar-refractivity contribution < 1.29 is 4.79 Å². The molecule has 0 aliphatic carbocycles. The Hall–Kier alpha value is -2.88. The van der Waals surface area contributed by atoms with Gasteiger partial charge >= 0.3 is 0 Å². The van der Waals surface area contributed by atoms with Gasteiger partial charge in [-0.25, -0.2) is 4.68 Å². The molecule has 1 N–H and O–H groups in total. The van der Waals surface area contributed by atoms with E-state index in [1.807, 2.05) is 56.3 Å². The minimum absolute atomic E-state index is 0.0664. The number of carbonyl (C=O) groups excluding carboxylic acids is 1. The zero-order valence-electron chi connectivity index (χ0n) is 15.1. The molecule has 2 aromatic carbocycles. The largest absolute Gasteiger partial charge is 0.349 e. The van der Waals surface area contributed by atoms with Crippen molar-refractivity contribution in [1.82, 2.24) is 15.1 Å². The van der Waals surface area contributed by atoms with E-state index in [1.165, 1.54) is 11.1 Å². The molecule has 1 heterocycles. The monoisotopic (exact) mass is 333 g/mol. The molecule has 0 unspecified atom stereocenters. The number of benzene rings is 2. The first-order chi connectivity index (χ1) is 12.0. The van der Waals surface area contributed by atoms with Gasteiger partial charge < -0.3 is 5.32 Å². The van der Waals surface area contributed by atoms with E-state index < -0.39 is 0 Å². The van der Waals surface area contributed by atoms with Crippen molar-refractivity contribution in [2.45, 2.75) is 33.7 Å². The Labute approximate surface area is 148 Å². The van der Waals surface area contributed by atoms with Gasteiger partial charge in [0.2, 0.25) is 0 Å². The first-order valence-corrected chi connectivity index (χ1v) is 8.49. The third-order valence-electron chi connectivity index (χ3n) is 4.17. The number of carbonyl (C=O) groups is 1. The number of hydrogen-bond donors (Lipinski definition) is 1. The van der Waals surface area contributed by atoms with Crippen LogP contribution >= 0.6 is 0 Å². The van der Waals surface area contributed by atoms with Gasteiger partial charge in [-0.1, -0.05) is 30.3 Å². The molecule has 0 saturated heterocycles. The van der Waals surface area contributed by atoms with Gasteiger partial charge in [0.25, 0.3) is 5.91 Å². The van der Waals surface area contributed by atoms with Crippen LogP contribution in [0.3, 0.4) is 0 Å². The van der Waals surface area contributed by atoms with Crippen molar-refractivity contribution in [1.29, 1.82) is 0 Å². The van der Waals surface area contributed by atoms with Gasteiger partial charge in [-0.05, 0) is 63.1 Å². The van der Waals surface area contributed by atoms with Crippen molar-refractivity contribution in [3.8, 4) is 16.9 Å². The van der Waals surface area contributed by atoms with E-state index >= 15 is 0 Å². The van der Waals surface area contributed by atoms with E-state index in [2.05, 4.69) is 31.3 Å². The molecule has 4 heteroatoms. The molecule has 4 nitrogen and oxygen atoms in total. The molecule has 0 aliphatic rings. The molecular formula is C21H23N3O. The molecule has 128 valence electrons. The second kappa shape index (κ2) is 6.93. The molecule has 3 aromatic rings. The van der Waals surface area contributed by atoms with E-state index in [1.54, 1.807) is 4.68 Å². The molecule has 0 atom stereocenters. The molecule has 0 spiro atoms. The summed E-state index contributed by atoms with van der Waals surface area (Å²) in [6, 6.07) is 17.9. The summed E-state index contributed by atoms with van der Waals surface area (Å²) in [5.41, 5.74) is 5.65. The molecule has 0 saturated carbocycles. The van der Waals surface area contributed by atoms with Crippen LogP contribution in [0.4, 0.5) is 0 Å². The van der Waals surface area contributed by atoms with E-state index in [4.69, 9.17) is 5.10 Å². The van der Waals surface area contributed by atoms with Crippen molar-refractivity contribution in [2.75, 3.05) is 0 Å². The summed E-state index contributed by atoms with van der Waals surface area (Å²) >= 11 is 0. The zero-order chi connectivity index (χ0) is 18.0. The average molecular weight is 333 g/mol. The Bertz CT molecular complexity index is 895. The zero-order valence-corrected chi connectivity index (χ0v) is 15.1. The lowest BCUT2D eigenvalue weighted by Crippen LogP contribution is -2.31. The number of rotatable bonds is 4. The lowest BCUT2D eigenvalue weighted by atomic mass is 10.0. The second-order valence-electron chi connectivity index (χ2n) is 6.59.